The molecule has 0 aromatic heterocycles. The number of hydrogen-bond donors (Lipinski definition) is 1. The molecule has 1 aromatic carbocycles. The number of nitrogens with one attached hydrogen (secondary N) is 1. The van der Waals surface area contributed by atoms with Gasteiger partial charge < -0.3 is 0 Å². The van der Waals surface area contributed by atoms with Crippen LogP contribution in [0.3, 0.4) is 0 Å². The van der Waals surface area contributed by atoms with Crippen molar-refractivity contribution in [2.75, 3.05) is 0 Å². The van der Waals surface area contributed by atoms with Gasteiger partial charge in [0.2, 0.25) is 0 Å². The summed E-state index contributed by atoms with van der Waals surface area (Å²) in [7, 11) is 0. The van der Waals surface area contributed by atoms with Crippen molar-refractivity contribution in [3.63, 3.8) is 0 Å². The van der Waals surface area contributed by atoms with E-state index in [1.807, 2.05) is 6.07 Å². The van der Waals surface area contributed by atoms with Gasteiger partial charge in [0, 0.05) is 16.3 Å². The van der Waals surface area contributed by atoms with Crippen LogP contribution in [0.1, 0.15) is 10.4 Å². The quantitative estimate of drug-likeness (QED) is 0.359. The van der Waals surface area contributed by atoms with Gasteiger partial charge in [0.05, 0.1) is 0 Å². The molecule has 0 atom stereocenters. The largest absolute Gasteiger partial charge is 0.289 e. The van der Waals surface area contributed by atoms with Gasteiger partial charge in [-0.25, -0.2) is 0 Å². The molecule has 0 spiro atoms. The van der Waals surface area contributed by atoms with Crippen LogP contribution in [0.25, 0.3) is 5.53 Å². The van der Waals surface area contributed by atoms with Gasteiger partial charge in [-0.3, -0.25) is 4.79 Å². The molecule has 0 unspecified atom stereocenters. The van der Waals surface area contributed by atoms with E-state index in [2.05, 4.69) is 21.0 Å². The van der Waals surface area contributed by atoms with Crippen LogP contribution in [0, 0.1) is 0 Å². The molecule has 66 valence electrons. The van der Waals surface area contributed by atoms with Crippen molar-refractivity contribution < 1.29 is 10.0 Å². The van der Waals surface area contributed by atoms with E-state index in [0.717, 1.165) is 6.21 Å². The highest BCUT2D eigenvalue weighted by Crippen LogP contribution is 2.15. The fraction of sp³-hybridized carbons (Fsp3) is 0. The molecule has 0 heterocycles. The van der Waals surface area contributed by atoms with Crippen LogP contribution in [0.5, 0.6) is 0 Å². The molecule has 4 nitrogen and oxygen atoms in total. The Bertz CT molecular complexity index is 362. The number of Topliss-reactive ketones (excluding diaryl/α,β-unsaturated/α-hetero) is 1. The first kappa shape index (κ1) is 9.73. The SMILES string of the molecule is [N-]=[NH+]N=CC(=O)c1ccccc1Br. The third-order valence-electron chi connectivity index (χ3n) is 1.38. The zero-order valence-electron chi connectivity index (χ0n) is 6.57. The molecule has 0 fully saturated rings. The van der Waals surface area contributed by atoms with Crippen molar-refractivity contribution in [2.45, 2.75) is 0 Å². The summed E-state index contributed by atoms with van der Waals surface area (Å²) in [6.07, 6.45) is 1.00. The Morgan fingerprint density at radius 1 is 1.54 bits per heavy atom. The van der Waals surface area contributed by atoms with Crippen LogP contribution in [0.15, 0.2) is 33.8 Å². The highest BCUT2D eigenvalue weighted by atomic mass is 79.9. The van der Waals surface area contributed by atoms with Crippen molar-refractivity contribution >= 4 is 27.9 Å². The molecule has 0 amide bonds. The minimum atomic E-state index is -0.283. The molecule has 0 aliphatic carbocycles. The van der Waals surface area contributed by atoms with Crippen molar-refractivity contribution in [1.82, 2.24) is 0 Å². The lowest BCUT2D eigenvalue weighted by molar-refractivity contribution is -0.485. The summed E-state index contributed by atoms with van der Waals surface area (Å²) in [5.74, 6) is -0.283. The summed E-state index contributed by atoms with van der Waals surface area (Å²) in [5.41, 5.74) is 8.62. The predicted octanol–water partition coefficient (Wildman–Crippen LogP) is 0.720. The number of nitrogens with zero attached hydrogens (tertiary/aromatic N) is 2. The Hall–Kier alpha value is -1.36. The second-order valence-corrected chi connectivity index (χ2v) is 3.06. The fourth-order valence-electron chi connectivity index (χ4n) is 0.818. The van der Waals surface area contributed by atoms with Crippen molar-refractivity contribution in [3.8, 4) is 0 Å². The Morgan fingerprint density at radius 2 is 2.23 bits per heavy atom. The van der Waals surface area contributed by atoms with Crippen molar-refractivity contribution in [3.05, 3.63) is 39.8 Å². The highest BCUT2D eigenvalue weighted by Gasteiger charge is 2.04. The van der Waals surface area contributed by atoms with E-state index < -0.39 is 0 Å². The molecule has 1 aromatic rings. The summed E-state index contributed by atoms with van der Waals surface area (Å²) < 4.78 is 0.699. The minimum Gasteiger partial charge on any atom is -0.289 e. The third kappa shape index (κ3) is 2.55. The Balaban J connectivity index is 2.95. The number of halogens is 1. The van der Waals surface area contributed by atoms with Gasteiger partial charge in [-0.05, 0) is 12.1 Å². The van der Waals surface area contributed by atoms with E-state index in [4.69, 9.17) is 5.53 Å². The number of hydrazone groups is 1. The first-order valence-corrected chi connectivity index (χ1v) is 4.26. The van der Waals surface area contributed by atoms with Crippen LogP contribution >= 0.6 is 15.9 Å². The molecular weight excluding hydrogens is 234 g/mol. The standard InChI is InChI=1S/C8H6BrN3O/c9-7-4-2-1-3-6(7)8(13)5-11-12-10/h1-5,12H. The number of carbonyl (C=O) groups is 1. The van der Waals surface area contributed by atoms with E-state index in [-0.39, 0.29) is 5.78 Å². The monoisotopic (exact) mass is 239 g/mol. The van der Waals surface area contributed by atoms with Gasteiger partial charge in [0.15, 0.2) is 5.78 Å². The molecule has 0 aliphatic heterocycles. The topological polar surface area (TPSA) is 65.7 Å². The second kappa shape index (κ2) is 4.61. The molecule has 0 bridgehead atoms. The van der Waals surface area contributed by atoms with Crippen LogP contribution in [-0.4, -0.2) is 12.0 Å². The Morgan fingerprint density at radius 3 is 2.85 bits per heavy atom. The summed E-state index contributed by atoms with van der Waals surface area (Å²) in [6, 6.07) is 6.98. The molecule has 13 heavy (non-hydrogen) atoms. The van der Waals surface area contributed by atoms with Crippen LogP contribution in [0.2, 0.25) is 0 Å². The predicted molar refractivity (Wildman–Crippen MR) is 51.3 cm³/mol. The molecule has 0 saturated heterocycles. The zero-order chi connectivity index (χ0) is 9.68. The van der Waals surface area contributed by atoms with E-state index in [1.54, 1.807) is 18.2 Å². The van der Waals surface area contributed by atoms with E-state index in [1.165, 1.54) is 5.22 Å². The van der Waals surface area contributed by atoms with E-state index in [0.29, 0.717) is 10.0 Å². The molecule has 0 radical (unpaired) electrons. The average molecular weight is 240 g/mol. The normalized spacial score (nSPS) is 10.2. The van der Waals surface area contributed by atoms with E-state index in [9.17, 15) is 4.79 Å². The summed E-state index contributed by atoms with van der Waals surface area (Å²) >= 11 is 3.22. The smallest absolute Gasteiger partial charge is 0.188 e. The Kier molecular flexibility index (Phi) is 3.45. The van der Waals surface area contributed by atoms with Gasteiger partial charge in [-0.1, -0.05) is 28.1 Å². The number of benzene rings is 1. The molecule has 1 N–H and O–H groups in total. The van der Waals surface area contributed by atoms with Crippen molar-refractivity contribution in [1.29, 1.82) is 0 Å². The number of rotatable bonds is 3. The summed E-state index contributed by atoms with van der Waals surface area (Å²) in [6.45, 7) is 0. The molecular formula is C8H6BrN3O. The van der Waals surface area contributed by atoms with Crippen LogP contribution in [0.4, 0.5) is 0 Å². The van der Waals surface area contributed by atoms with Gasteiger partial charge in [0.1, 0.15) is 0 Å². The number of hydrogen-bond acceptors (Lipinski definition) is 1. The Labute approximate surface area is 83.3 Å². The molecule has 0 saturated carbocycles. The first-order valence-electron chi connectivity index (χ1n) is 3.46. The lowest BCUT2D eigenvalue weighted by atomic mass is 10.1. The van der Waals surface area contributed by atoms with Gasteiger partial charge >= 0.3 is 0 Å². The van der Waals surface area contributed by atoms with Gasteiger partial charge in [-0.2, -0.15) is 15.9 Å². The van der Waals surface area contributed by atoms with Crippen molar-refractivity contribution in [2.24, 2.45) is 5.10 Å². The third-order valence-corrected chi connectivity index (χ3v) is 2.07. The lowest BCUT2D eigenvalue weighted by Crippen LogP contribution is -2.54. The minimum absolute atomic E-state index is 0.283. The number of carbonyl (C=O) groups excluding carboxylic acids is 1. The maximum absolute atomic E-state index is 11.3. The maximum Gasteiger partial charge on any atom is 0.188 e. The molecule has 5 heteroatoms. The van der Waals surface area contributed by atoms with Crippen LogP contribution in [-0.2, 0) is 0 Å². The summed E-state index contributed by atoms with van der Waals surface area (Å²) in [5, 5.41) is 4.72. The number of ketones is 1. The van der Waals surface area contributed by atoms with Gasteiger partial charge in [0.25, 0.3) is 0 Å². The highest BCUT2D eigenvalue weighted by molar-refractivity contribution is 9.10. The molecule has 1 rings (SSSR count). The first-order chi connectivity index (χ1) is 6.25. The maximum atomic E-state index is 11.3. The summed E-state index contributed by atoms with van der Waals surface area (Å²) in [4.78, 5) is 11.3. The van der Waals surface area contributed by atoms with Gasteiger partial charge in [-0.15, -0.1) is 0 Å². The van der Waals surface area contributed by atoms with E-state index >= 15 is 0 Å². The second-order valence-electron chi connectivity index (χ2n) is 2.20. The molecule has 0 aliphatic rings. The zero-order valence-corrected chi connectivity index (χ0v) is 8.15. The fourth-order valence-corrected chi connectivity index (χ4v) is 1.30. The van der Waals surface area contributed by atoms with Crippen LogP contribution < -0.4 is 5.22 Å². The average Bonchev–Trinajstić information content (AvgIpc) is 2.15. The lowest BCUT2D eigenvalue weighted by Gasteiger charge is -1.97.